The topological polar surface area (TPSA) is 30.5 Å². The number of halogens is 2. The van der Waals surface area contributed by atoms with Crippen LogP contribution in [0, 0.1) is 0 Å². The Hall–Kier alpha value is -1.42. The fraction of sp³-hybridized carbons (Fsp3) is 0.333. The maximum absolute atomic E-state index is 6.18. The molecule has 5 heteroatoms. The van der Waals surface area contributed by atoms with Crippen LogP contribution in [0.4, 0.5) is 0 Å². The first-order valence-electron chi connectivity index (χ1n) is 7.72. The van der Waals surface area contributed by atoms with Gasteiger partial charge in [0.1, 0.15) is 18.1 Å². The van der Waals surface area contributed by atoms with E-state index in [1.807, 2.05) is 30.3 Å². The van der Waals surface area contributed by atoms with Crippen molar-refractivity contribution in [3.63, 3.8) is 0 Å². The molecule has 2 aliphatic heterocycles. The molecule has 2 aliphatic rings. The monoisotopic (exact) mass is 349 g/mol. The van der Waals surface area contributed by atoms with Crippen LogP contribution in [0.25, 0.3) is 0 Å². The Morgan fingerprint density at radius 2 is 2.00 bits per heavy atom. The molecule has 0 saturated carbocycles. The normalized spacial score (nSPS) is 22.2. The molecule has 1 unspecified atom stereocenters. The molecular weight excluding hydrogens is 333 g/mol. The number of nitrogens with one attached hydrogen (secondary N) is 1. The summed E-state index contributed by atoms with van der Waals surface area (Å²) in [7, 11) is 0. The van der Waals surface area contributed by atoms with E-state index < -0.39 is 0 Å². The smallest absolute Gasteiger partial charge is 0.126 e. The molecule has 0 aromatic heterocycles. The van der Waals surface area contributed by atoms with Gasteiger partial charge in [-0.2, -0.15) is 0 Å². The van der Waals surface area contributed by atoms with Crippen molar-refractivity contribution in [3.05, 3.63) is 57.6 Å². The van der Waals surface area contributed by atoms with E-state index in [0.29, 0.717) is 16.7 Å². The van der Waals surface area contributed by atoms with Crippen LogP contribution in [-0.4, -0.2) is 19.7 Å². The fourth-order valence-electron chi connectivity index (χ4n) is 3.37. The first-order valence-corrected chi connectivity index (χ1v) is 8.47. The molecule has 1 atom stereocenters. The molecule has 23 heavy (non-hydrogen) atoms. The molecule has 0 amide bonds. The van der Waals surface area contributed by atoms with Crippen molar-refractivity contribution in [1.29, 1.82) is 0 Å². The van der Waals surface area contributed by atoms with Gasteiger partial charge < -0.3 is 14.8 Å². The second-order valence-electron chi connectivity index (χ2n) is 6.14. The van der Waals surface area contributed by atoms with Crippen LogP contribution >= 0.6 is 23.2 Å². The van der Waals surface area contributed by atoms with Crippen LogP contribution in [0.2, 0.25) is 10.0 Å². The Labute approximate surface area is 145 Å². The quantitative estimate of drug-likeness (QED) is 0.900. The molecule has 2 aromatic carbocycles. The molecule has 0 aliphatic carbocycles. The molecule has 2 aromatic rings. The summed E-state index contributed by atoms with van der Waals surface area (Å²) in [5, 5.41) is 4.66. The van der Waals surface area contributed by atoms with Crippen LogP contribution in [0.3, 0.4) is 0 Å². The van der Waals surface area contributed by atoms with Gasteiger partial charge in [-0.15, -0.1) is 0 Å². The zero-order chi connectivity index (χ0) is 15.9. The van der Waals surface area contributed by atoms with Crippen LogP contribution in [-0.2, 0) is 12.0 Å². The van der Waals surface area contributed by atoms with Crippen LogP contribution in [0.15, 0.2) is 36.4 Å². The zero-order valence-corrected chi connectivity index (χ0v) is 14.1. The minimum atomic E-state index is 0.139. The first kappa shape index (κ1) is 15.1. The molecule has 0 bridgehead atoms. The van der Waals surface area contributed by atoms with E-state index in [1.165, 1.54) is 5.56 Å². The average molecular weight is 350 g/mol. The molecule has 1 saturated heterocycles. The van der Waals surface area contributed by atoms with Crippen LogP contribution in [0.5, 0.6) is 11.5 Å². The summed E-state index contributed by atoms with van der Waals surface area (Å²) in [6.45, 7) is 3.11. The number of ether oxygens (including phenoxy) is 2. The molecule has 2 heterocycles. The minimum Gasteiger partial charge on any atom is -0.492 e. The summed E-state index contributed by atoms with van der Waals surface area (Å²) in [5.41, 5.74) is 2.22. The Morgan fingerprint density at radius 1 is 1.17 bits per heavy atom. The zero-order valence-electron chi connectivity index (χ0n) is 12.6. The number of rotatable bonds is 3. The Morgan fingerprint density at radius 3 is 2.74 bits per heavy atom. The van der Waals surface area contributed by atoms with Gasteiger partial charge >= 0.3 is 0 Å². The lowest BCUT2D eigenvalue weighted by Gasteiger charge is -2.20. The highest BCUT2D eigenvalue weighted by molar-refractivity contribution is 6.35. The number of hydrogen-bond acceptors (Lipinski definition) is 3. The Bertz CT molecular complexity index is 722. The molecule has 1 spiro atoms. The van der Waals surface area contributed by atoms with E-state index in [2.05, 4.69) is 11.4 Å². The second-order valence-corrected chi connectivity index (χ2v) is 6.96. The summed E-state index contributed by atoms with van der Waals surface area (Å²) in [6.07, 6.45) is 1.12. The third-order valence-electron chi connectivity index (χ3n) is 4.72. The van der Waals surface area contributed by atoms with E-state index in [0.717, 1.165) is 43.2 Å². The van der Waals surface area contributed by atoms with E-state index in [9.17, 15) is 0 Å². The van der Waals surface area contributed by atoms with Crippen molar-refractivity contribution in [2.75, 3.05) is 19.7 Å². The third kappa shape index (κ3) is 2.67. The van der Waals surface area contributed by atoms with Crippen molar-refractivity contribution in [2.24, 2.45) is 0 Å². The van der Waals surface area contributed by atoms with Crippen molar-refractivity contribution in [3.8, 4) is 11.5 Å². The lowest BCUT2D eigenvalue weighted by Crippen LogP contribution is -2.30. The van der Waals surface area contributed by atoms with Gasteiger partial charge in [-0.05, 0) is 31.2 Å². The summed E-state index contributed by atoms with van der Waals surface area (Å²) < 4.78 is 11.8. The number of benzene rings is 2. The lowest BCUT2D eigenvalue weighted by atomic mass is 9.82. The van der Waals surface area contributed by atoms with Gasteiger partial charge in [0.05, 0.1) is 6.61 Å². The van der Waals surface area contributed by atoms with Gasteiger partial charge in [0.25, 0.3) is 0 Å². The van der Waals surface area contributed by atoms with Gasteiger partial charge in [-0.3, -0.25) is 0 Å². The van der Waals surface area contributed by atoms with Gasteiger partial charge in [-0.1, -0.05) is 35.3 Å². The van der Waals surface area contributed by atoms with Gasteiger partial charge in [-0.25, -0.2) is 0 Å². The van der Waals surface area contributed by atoms with E-state index in [1.54, 1.807) is 0 Å². The van der Waals surface area contributed by atoms with Crippen molar-refractivity contribution in [1.82, 2.24) is 5.32 Å². The highest BCUT2D eigenvalue weighted by Crippen LogP contribution is 2.44. The second kappa shape index (κ2) is 5.90. The summed E-state index contributed by atoms with van der Waals surface area (Å²) in [5.74, 6) is 1.69. The Balaban J connectivity index is 1.53. The molecule has 3 nitrogen and oxygen atoms in total. The van der Waals surface area contributed by atoms with Crippen molar-refractivity contribution in [2.45, 2.75) is 18.4 Å². The molecule has 0 radical (unpaired) electrons. The van der Waals surface area contributed by atoms with Crippen LogP contribution < -0.4 is 14.8 Å². The molecule has 1 fully saturated rings. The molecule has 120 valence electrons. The van der Waals surface area contributed by atoms with Crippen molar-refractivity contribution >= 4 is 23.2 Å². The maximum atomic E-state index is 6.18. The van der Waals surface area contributed by atoms with Gasteiger partial charge in [0, 0.05) is 39.2 Å². The standard InChI is InChI=1S/C18H17Cl2NO2/c19-15-2-1-3-16(20)13(15)9-22-12-4-5-14-17(8-12)23-11-18(14)6-7-21-10-18/h1-5,8,21H,6-7,9-11H2. The Kier molecular flexibility index (Phi) is 3.88. The van der Waals surface area contributed by atoms with E-state index >= 15 is 0 Å². The predicted molar refractivity (Wildman–Crippen MR) is 91.9 cm³/mol. The predicted octanol–water partition coefficient (Wildman–Crippen LogP) is 4.20. The number of hydrogen-bond donors (Lipinski definition) is 1. The minimum absolute atomic E-state index is 0.139. The SMILES string of the molecule is Clc1cccc(Cl)c1COc1ccc2c(c1)OCC21CCNC1. The van der Waals surface area contributed by atoms with Gasteiger partial charge in [0.15, 0.2) is 0 Å². The molecule has 1 N–H and O–H groups in total. The average Bonchev–Trinajstić information content (AvgIpc) is 3.16. The fourth-order valence-corrected chi connectivity index (χ4v) is 3.87. The molecule has 4 rings (SSSR count). The largest absolute Gasteiger partial charge is 0.492 e. The highest BCUT2D eigenvalue weighted by atomic mass is 35.5. The van der Waals surface area contributed by atoms with Gasteiger partial charge in [0.2, 0.25) is 0 Å². The maximum Gasteiger partial charge on any atom is 0.126 e. The summed E-state index contributed by atoms with van der Waals surface area (Å²) >= 11 is 12.4. The van der Waals surface area contributed by atoms with E-state index in [-0.39, 0.29) is 5.41 Å². The van der Waals surface area contributed by atoms with Crippen LogP contribution in [0.1, 0.15) is 17.5 Å². The summed E-state index contributed by atoms with van der Waals surface area (Å²) in [6, 6.07) is 11.5. The molecular formula is C18H17Cl2NO2. The first-order chi connectivity index (χ1) is 11.2. The van der Waals surface area contributed by atoms with E-state index in [4.69, 9.17) is 32.7 Å². The van der Waals surface area contributed by atoms with Crippen molar-refractivity contribution < 1.29 is 9.47 Å². The highest BCUT2D eigenvalue weighted by Gasteiger charge is 2.43. The summed E-state index contributed by atoms with van der Waals surface area (Å²) in [4.78, 5) is 0. The third-order valence-corrected chi connectivity index (χ3v) is 5.43. The number of fused-ring (bicyclic) bond motifs is 2. The lowest BCUT2D eigenvalue weighted by molar-refractivity contribution is 0.275.